The molecule has 0 aromatic heterocycles. The van der Waals surface area contributed by atoms with Crippen LogP contribution in [0.4, 0.5) is 0 Å². The van der Waals surface area contributed by atoms with Gasteiger partial charge in [-0.1, -0.05) is 20.4 Å². The Morgan fingerprint density at radius 1 is 1.29 bits per heavy atom. The van der Waals surface area contributed by atoms with E-state index in [2.05, 4.69) is 11.3 Å². The molecule has 0 radical (unpaired) electrons. The average molecular weight is 200 g/mol. The minimum atomic E-state index is -0.509. The van der Waals surface area contributed by atoms with Crippen molar-refractivity contribution in [2.75, 3.05) is 13.2 Å². The Labute approximate surface area is 83.9 Å². The van der Waals surface area contributed by atoms with E-state index < -0.39 is 5.97 Å². The summed E-state index contributed by atoms with van der Waals surface area (Å²) in [5.74, 6) is -0.502. The number of hydrogen-bond donors (Lipinski definition) is 0. The predicted molar refractivity (Wildman–Crippen MR) is 51.6 cm³/mol. The van der Waals surface area contributed by atoms with Crippen LogP contribution in [0.3, 0.4) is 0 Å². The second kappa shape index (κ2) is 7.12. The van der Waals surface area contributed by atoms with Crippen molar-refractivity contribution in [3.63, 3.8) is 0 Å². The zero-order valence-electron chi connectivity index (χ0n) is 8.62. The van der Waals surface area contributed by atoms with Crippen molar-refractivity contribution in [3.05, 3.63) is 12.7 Å². The molecule has 0 fully saturated rings. The largest absolute Gasteiger partial charge is 0.462 e. The molecule has 0 rings (SSSR count). The lowest BCUT2D eigenvalue weighted by molar-refractivity contribution is -0.150. The summed E-state index contributed by atoms with van der Waals surface area (Å²) < 4.78 is 9.41. The smallest absolute Gasteiger partial charge is 0.330 e. The first-order chi connectivity index (χ1) is 6.56. The van der Waals surface area contributed by atoms with Crippen molar-refractivity contribution in [1.82, 2.24) is 0 Å². The Morgan fingerprint density at radius 3 is 2.36 bits per heavy atom. The molecule has 0 atom stereocenters. The van der Waals surface area contributed by atoms with E-state index in [1.807, 2.05) is 13.8 Å². The Kier molecular flexibility index (Phi) is 6.45. The molecule has 4 heteroatoms. The van der Waals surface area contributed by atoms with Crippen LogP contribution in [0.15, 0.2) is 12.7 Å². The summed E-state index contributed by atoms with van der Waals surface area (Å²) in [5, 5.41) is 0. The summed E-state index contributed by atoms with van der Waals surface area (Å²) in [4.78, 5) is 21.5. The molecule has 0 spiro atoms. The van der Waals surface area contributed by atoms with Gasteiger partial charge in [0.2, 0.25) is 0 Å². The number of esters is 2. The molecule has 0 aromatic rings. The molecule has 0 bridgehead atoms. The van der Waals surface area contributed by atoms with Gasteiger partial charge in [-0.05, 0) is 5.92 Å². The summed E-state index contributed by atoms with van der Waals surface area (Å²) in [6, 6.07) is 0. The fraction of sp³-hybridized carbons (Fsp3) is 0.600. The van der Waals surface area contributed by atoms with Gasteiger partial charge in [-0.3, -0.25) is 4.79 Å². The van der Waals surface area contributed by atoms with Gasteiger partial charge in [-0.25, -0.2) is 4.79 Å². The molecule has 0 unspecified atom stereocenters. The highest BCUT2D eigenvalue weighted by Crippen LogP contribution is 2.00. The third-order valence-corrected chi connectivity index (χ3v) is 1.33. The number of carbonyl (C=O) groups excluding carboxylic acids is 2. The van der Waals surface area contributed by atoms with E-state index in [-0.39, 0.29) is 25.1 Å². The zero-order valence-corrected chi connectivity index (χ0v) is 8.62. The monoisotopic (exact) mass is 200 g/mol. The van der Waals surface area contributed by atoms with E-state index in [9.17, 15) is 9.59 Å². The van der Waals surface area contributed by atoms with Gasteiger partial charge in [-0.15, -0.1) is 0 Å². The molecule has 80 valence electrons. The lowest BCUT2D eigenvalue weighted by Gasteiger charge is -2.06. The van der Waals surface area contributed by atoms with E-state index in [4.69, 9.17) is 4.74 Å². The summed E-state index contributed by atoms with van der Waals surface area (Å²) in [6.07, 6.45) is 1.45. The van der Waals surface area contributed by atoms with Gasteiger partial charge in [0.25, 0.3) is 0 Å². The maximum Gasteiger partial charge on any atom is 0.330 e. The first-order valence-electron chi connectivity index (χ1n) is 4.51. The SMILES string of the molecule is C=CC(=O)OCCOC(=O)CC(C)C. The normalized spacial score (nSPS) is 9.64. The highest BCUT2D eigenvalue weighted by atomic mass is 16.6. The van der Waals surface area contributed by atoms with Crippen molar-refractivity contribution in [1.29, 1.82) is 0 Å². The lowest BCUT2D eigenvalue weighted by atomic mass is 10.1. The number of hydrogen-bond acceptors (Lipinski definition) is 4. The highest BCUT2D eigenvalue weighted by molar-refractivity contribution is 5.81. The molecule has 0 aromatic carbocycles. The quantitative estimate of drug-likeness (QED) is 0.368. The van der Waals surface area contributed by atoms with Gasteiger partial charge in [0.05, 0.1) is 0 Å². The Bertz CT molecular complexity index is 208. The van der Waals surface area contributed by atoms with Crippen LogP contribution < -0.4 is 0 Å². The molecule has 0 heterocycles. The van der Waals surface area contributed by atoms with Gasteiger partial charge >= 0.3 is 11.9 Å². The summed E-state index contributed by atoms with van der Waals surface area (Å²) in [6.45, 7) is 7.27. The van der Waals surface area contributed by atoms with Crippen LogP contribution in [-0.2, 0) is 19.1 Å². The van der Waals surface area contributed by atoms with E-state index in [0.717, 1.165) is 6.08 Å². The molecule has 0 saturated heterocycles. The Morgan fingerprint density at radius 2 is 1.86 bits per heavy atom. The van der Waals surface area contributed by atoms with E-state index in [1.54, 1.807) is 0 Å². The third-order valence-electron chi connectivity index (χ3n) is 1.33. The predicted octanol–water partition coefficient (Wildman–Crippen LogP) is 1.30. The molecule has 0 saturated carbocycles. The summed E-state index contributed by atoms with van der Waals surface area (Å²) in [5.41, 5.74) is 0. The van der Waals surface area contributed by atoms with Gasteiger partial charge < -0.3 is 9.47 Å². The van der Waals surface area contributed by atoms with Crippen molar-refractivity contribution in [2.45, 2.75) is 20.3 Å². The number of carbonyl (C=O) groups is 2. The van der Waals surface area contributed by atoms with Crippen LogP contribution in [0.5, 0.6) is 0 Å². The van der Waals surface area contributed by atoms with Crippen molar-refractivity contribution in [2.24, 2.45) is 5.92 Å². The van der Waals surface area contributed by atoms with Gasteiger partial charge in [0.15, 0.2) is 0 Å². The molecular weight excluding hydrogens is 184 g/mol. The van der Waals surface area contributed by atoms with Crippen molar-refractivity contribution >= 4 is 11.9 Å². The minimum Gasteiger partial charge on any atom is -0.462 e. The molecule has 4 nitrogen and oxygen atoms in total. The molecular formula is C10H16O4. The number of rotatable bonds is 6. The molecule has 0 amide bonds. The third kappa shape index (κ3) is 7.34. The first kappa shape index (κ1) is 12.7. The van der Waals surface area contributed by atoms with E-state index in [0.29, 0.717) is 6.42 Å². The van der Waals surface area contributed by atoms with E-state index >= 15 is 0 Å². The molecule has 0 aliphatic carbocycles. The fourth-order valence-corrected chi connectivity index (χ4v) is 0.749. The highest BCUT2D eigenvalue weighted by Gasteiger charge is 2.05. The van der Waals surface area contributed by atoms with Crippen LogP contribution in [-0.4, -0.2) is 25.2 Å². The van der Waals surface area contributed by atoms with Crippen molar-refractivity contribution < 1.29 is 19.1 Å². The average Bonchev–Trinajstić information content (AvgIpc) is 2.10. The van der Waals surface area contributed by atoms with Gasteiger partial charge in [-0.2, -0.15) is 0 Å². The van der Waals surface area contributed by atoms with Crippen LogP contribution >= 0.6 is 0 Å². The Balaban J connectivity index is 3.40. The molecule has 14 heavy (non-hydrogen) atoms. The molecule has 0 aliphatic heterocycles. The van der Waals surface area contributed by atoms with Crippen LogP contribution in [0, 0.1) is 5.92 Å². The van der Waals surface area contributed by atoms with Gasteiger partial charge in [0, 0.05) is 12.5 Å². The maximum absolute atomic E-state index is 11.0. The molecule has 0 N–H and O–H groups in total. The van der Waals surface area contributed by atoms with E-state index in [1.165, 1.54) is 0 Å². The number of ether oxygens (including phenoxy) is 2. The Hall–Kier alpha value is -1.32. The van der Waals surface area contributed by atoms with Gasteiger partial charge in [0.1, 0.15) is 13.2 Å². The second-order valence-electron chi connectivity index (χ2n) is 3.19. The summed E-state index contributed by atoms with van der Waals surface area (Å²) >= 11 is 0. The van der Waals surface area contributed by atoms with Crippen LogP contribution in [0.2, 0.25) is 0 Å². The minimum absolute atomic E-state index is 0.0781. The molecule has 0 aliphatic rings. The standard InChI is InChI=1S/C10H16O4/c1-4-9(11)13-5-6-14-10(12)7-8(2)3/h4,8H,1,5-7H2,2-3H3. The van der Waals surface area contributed by atoms with Crippen molar-refractivity contribution in [3.8, 4) is 0 Å². The first-order valence-corrected chi connectivity index (χ1v) is 4.51. The van der Waals surface area contributed by atoms with Crippen LogP contribution in [0.1, 0.15) is 20.3 Å². The summed E-state index contributed by atoms with van der Waals surface area (Å²) in [7, 11) is 0. The zero-order chi connectivity index (χ0) is 11.0. The second-order valence-corrected chi connectivity index (χ2v) is 3.19. The topological polar surface area (TPSA) is 52.6 Å². The maximum atomic E-state index is 11.0. The lowest BCUT2D eigenvalue weighted by Crippen LogP contribution is -2.13. The van der Waals surface area contributed by atoms with Crippen LogP contribution in [0.25, 0.3) is 0 Å². The fourth-order valence-electron chi connectivity index (χ4n) is 0.749.